The fourth-order valence-corrected chi connectivity index (χ4v) is 3.87. The van der Waals surface area contributed by atoms with E-state index in [2.05, 4.69) is 0 Å². The Bertz CT molecular complexity index is 640. The number of halogens is 2. The molecule has 1 aliphatic rings. The summed E-state index contributed by atoms with van der Waals surface area (Å²) < 4.78 is 22.2. The Morgan fingerprint density at radius 3 is 2.35 bits per heavy atom. The number of hydrogen-bond acceptors (Lipinski definition) is 4. The lowest BCUT2D eigenvalue weighted by atomic mass is 10.1. The molecule has 4 N–H and O–H groups in total. The standard InChI is InChI=1S/C11H13Cl2N3O3S/c12-8-2-7(14)3-9(13)11(8)16-4-6(1-10(16)17)5-20(15,18)19/h2-3,6H,1,4-5,14H2,(H2,15,18,19). The number of benzene rings is 1. The number of nitrogen functional groups attached to an aromatic ring is 1. The highest BCUT2D eigenvalue weighted by Crippen LogP contribution is 2.38. The van der Waals surface area contributed by atoms with Gasteiger partial charge in [-0.05, 0) is 12.1 Å². The predicted octanol–water partition coefficient (Wildman–Crippen LogP) is 1.22. The highest BCUT2D eigenvalue weighted by molar-refractivity contribution is 7.89. The number of anilines is 2. The second-order valence-corrected chi connectivity index (χ2v) is 7.21. The minimum Gasteiger partial charge on any atom is -0.399 e. The van der Waals surface area contributed by atoms with E-state index in [0.29, 0.717) is 11.4 Å². The predicted molar refractivity (Wildman–Crippen MR) is 79.3 cm³/mol. The minimum absolute atomic E-state index is 0.0907. The molecule has 1 heterocycles. The molecule has 1 unspecified atom stereocenters. The Hall–Kier alpha value is -1.02. The number of nitrogens with two attached hydrogens (primary N) is 2. The van der Waals surface area contributed by atoms with E-state index in [1.165, 1.54) is 17.0 Å². The van der Waals surface area contributed by atoms with Crippen molar-refractivity contribution in [3.05, 3.63) is 22.2 Å². The van der Waals surface area contributed by atoms with Gasteiger partial charge in [-0.1, -0.05) is 23.2 Å². The van der Waals surface area contributed by atoms with Gasteiger partial charge in [0.2, 0.25) is 15.9 Å². The average Bonchev–Trinajstić information content (AvgIpc) is 2.55. The number of carbonyl (C=O) groups is 1. The van der Waals surface area contributed by atoms with Gasteiger partial charge in [-0.3, -0.25) is 4.79 Å². The molecule has 0 aliphatic carbocycles. The number of rotatable bonds is 3. The highest BCUT2D eigenvalue weighted by atomic mass is 35.5. The summed E-state index contributed by atoms with van der Waals surface area (Å²) in [5, 5.41) is 5.50. The van der Waals surface area contributed by atoms with Gasteiger partial charge in [-0.25, -0.2) is 13.6 Å². The van der Waals surface area contributed by atoms with Gasteiger partial charge in [0.15, 0.2) is 0 Å². The molecule has 0 aromatic heterocycles. The molecule has 9 heteroatoms. The van der Waals surface area contributed by atoms with E-state index in [1.54, 1.807) is 0 Å². The normalized spacial score (nSPS) is 19.6. The van der Waals surface area contributed by atoms with E-state index in [-0.39, 0.29) is 40.6 Å². The average molecular weight is 338 g/mol. The van der Waals surface area contributed by atoms with E-state index >= 15 is 0 Å². The van der Waals surface area contributed by atoms with Crippen LogP contribution in [0.1, 0.15) is 6.42 Å². The Balaban J connectivity index is 2.29. The number of nitrogens with zero attached hydrogens (tertiary/aromatic N) is 1. The molecule has 1 fully saturated rings. The first-order valence-electron chi connectivity index (χ1n) is 5.72. The SMILES string of the molecule is Nc1cc(Cl)c(N2CC(CS(N)(=O)=O)CC2=O)c(Cl)c1. The quantitative estimate of drug-likeness (QED) is 0.808. The van der Waals surface area contributed by atoms with Crippen molar-refractivity contribution in [3.63, 3.8) is 0 Å². The maximum atomic E-state index is 12.0. The lowest BCUT2D eigenvalue weighted by Crippen LogP contribution is -2.28. The molecule has 1 atom stereocenters. The topological polar surface area (TPSA) is 106 Å². The third-order valence-electron chi connectivity index (χ3n) is 2.98. The van der Waals surface area contributed by atoms with Crippen LogP contribution >= 0.6 is 23.2 Å². The van der Waals surface area contributed by atoms with Crippen LogP contribution in [0.25, 0.3) is 0 Å². The Morgan fingerprint density at radius 1 is 1.30 bits per heavy atom. The Kier molecular flexibility index (Phi) is 4.15. The van der Waals surface area contributed by atoms with Crippen LogP contribution in [0.5, 0.6) is 0 Å². The van der Waals surface area contributed by atoms with Crippen LogP contribution in [0, 0.1) is 5.92 Å². The summed E-state index contributed by atoms with van der Waals surface area (Å²) in [7, 11) is -3.63. The molecule has 0 radical (unpaired) electrons. The van der Waals surface area contributed by atoms with E-state index < -0.39 is 10.0 Å². The molecule has 1 aromatic carbocycles. The first-order chi connectivity index (χ1) is 9.17. The molecule has 1 saturated heterocycles. The highest BCUT2D eigenvalue weighted by Gasteiger charge is 2.34. The molecule has 0 spiro atoms. The van der Waals surface area contributed by atoms with Crippen molar-refractivity contribution in [2.24, 2.45) is 11.1 Å². The molecule has 1 aliphatic heterocycles. The van der Waals surface area contributed by atoms with Crippen molar-refractivity contribution in [1.29, 1.82) is 0 Å². The third-order valence-corrected chi connectivity index (χ3v) is 4.49. The van der Waals surface area contributed by atoms with Gasteiger partial charge in [0.25, 0.3) is 0 Å². The maximum absolute atomic E-state index is 12.0. The minimum atomic E-state index is -3.63. The molecule has 2 rings (SSSR count). The maximum Gasteiger partial charge on any atom is 0.227 e. The first-order valence-corrected chi connectivity index (χ1v) is 8.20. The van der Waals surface area contributed by atoms with Crippen LogP contribution in [0.3, 0.4) is 0 Å². The fraction of sp³-hybridized carbons (Fsp3) is 0.364. The van der Waals surface area contributed by atoms with E-state index in [9.17, 15) is 13.2 Å². The Labute approximate surface area is 126 Å². The van der Waals surface area contributed by atoms with Crippen molar-refractivity contribution in [1.82, 2.24) is 0 Å². The van der Waals surface area contributed by atoms with Gasteiger partial charge >= 0.3 is 0 Å². The van der Waals surface area contributed by atoms with Crippen LogP contribution in [0.4, 0.5) is 11.4 Å². The number of sulfonamides is 1. The van der Waals surface area contributed by atoms with Crippen LogP contribution in [0.2, 0.25) is 10.0 Å². The summed E-state index contributed by atoms with van der Waals surface area (Å²) in [6, 6.07) is 2.98. The number of hydrogen-bond donors (Lipinski definition) is 2. The Morgan fingerprint density at radius 2 is 1.85 bits per heavy atom. The lowest BCUT2D eigenvalue weighted by molar-refractivity contribution is -0.117. The van der Waals surface area contributed by atoms with Gasteiger partial charge in [0, 0.05) is 24.6 Å². The number of amides is 1. The number of carbonyl (C=O) groups excluding carboxylic acids is 1. The summed E-state index contributed by atoms with van der Waals surface area (Å²) >= 11 is 12.1. The molecule has 20 heavy (non-hydrogen) atoms. The van der Waals surface area contributed by atoms with Gasteiger partial charge in [-0.2, -0.15) is 0 Å². The van der Waals surface area contributed by atoms with Crippen LogP contribution in [-0.2, 0) is 14.8 Å². The number of primary sulfonamides is 1. The molecule has 0 bridgehead atoms. The van der Waals surface area contributed by atoms with Crippen molar-refractivity contribution in [3.8, 4) is 0 Å². The van der Waals surface area contributed by atoms with Gasteiger partial charge in [0.1, 0.15) is 0 Å². The smallest absolute Gasteiger partial charge is 0.227 e. The summed E-state index contributed by atoms with van der Waals surface area (Å²) in [6.07, 6.45) is 0.0907. The third kappa shape index (κ3) is 3.35. The zero-order valence-corrected chi connectivity index (χ0v) is 12.7. The van der Waals surface area contributed by atoms with Crippen LogP contribution in [0.15, 0.2) is 12.1 Å². The van der Waals surface area contributed by atoms with E-state index in [0.717, 1.165) is 0 Å². The monoisotopic (exact) mass is 337 g/mol. The summed E-state index contributed by atoms with van der Waals surface area (Å²) in [4.78, 5) is 13.4. The molecule has 1 amide bonds. The van der Waals surface area contributed by atoms with Crippen LogP contribution in [-0.4, -0.2) is 26.6 Å². The largest absolute Gasteiger partial charge is 0.399 e. The summed E-state index contributed by atoms with van der Waals surface area (Å²) in [5.41, 5.74) is 6.34. The zero-order valence-electron chi connectivity index (χ0n) is 10.3. The molecule has 6 nitrogen and oxygen atoms in total. The molecule has 0 saturated carbocycles. The fourth-order valence-electron chi connectivity index (χ4n) is 2.28. The van der Waals surface area contributed by atoms with Crippen molar-refractivity contribution in [2.75, 3.05) is 22.9 Å². The molecule has 110 valence electrons. The molecular weight excluding hydrogens is 325 g/mol. The van der Waals surface area contributed by atoms with Crippen molar-refractivity contribution in [2.45, 2.75) is 6.42 Å². The van der Waals surface area contributed by atoms with Crippen molar-refractivity contribution >= 4 is 50.5 Å². The summed E-state index contributed by atoms with van der Waals surface area (Å²) in [6.45, 7) is 0.207. The molecule has 1 aromatic rings. The van der Waals surface area contributed by atoms with E-state index in [1.807, 2.05) is 0 Å². The zero-order chi connectivity index (χ0) is 15.1. The van der Waals surface area contributed by atoms with Crippen molar-refractivity contribution < 1.29 is 13.2 Å². The van der Waals surface area contributed by atoms with Gasteiger partial charge in [0.05, 0.1) is 21.5 Å². The lowest BCUT2D eigenvalue weighted by Gasteiger charge is -2.20. The second-order valence-electron chi connectivity index (χ2n) is 4.74. The van der Waals surface area contributed by atoms with Gasteiger partial charge < -0.3 is 10.6 Å². The van der Waals surface area contributed by atoms with E-state index in [4.69, 9.17) is 34.1 Å². The van der Waals surface area contributed by atoms with Crippen LogP contribution < -0.4 is 15.8 Å². The van der Waals surface area contributed by atoms with Gasteiger partial charge in [-0.15, -0.1) is 0 Å². The summed E-state index contributed by atoms with van der Waals surface area (Å²) in [5.74, 6) is -0.867. The second kappa shape index (κ2) is 5.40. The molecular formula is C11H13Cl2N3O3S. The first kappa shape index (κ1) is 15.4.